The predicted molar refractivity (Wildman–Crippen MR) is 88.7 cm³/mol. The highest BCUT2D eigenvalue weighted by Crippen LogP contribution is 2.22. The summed E-state index contributed by atoms with van der Waals surface area (Å²) in [5.74, 6) is -0.951. The Balaban J connectivity index is 2.07. The average Bonchev–Trinajstić information content (AvgIpc) is 2.46. The van der Waals surface area contributed by atoms with Crippen LogP contribution in [0.3, 0.4) is 0 Å². The molecule has 0 aliphatic carbocycles. The van der Waals surface area contributed by atoms with Crippen molar-refractivity contribution in [3.8, 4) is 11.1 Å². The van der Waals surface area contributed by atoms with Gasteiger partial charge in [0.1, 0.15) is 5.60 Å². The van der Waals surface area contributed by atoms with Crippen molar-refractivity contribution in [2.75, 3.05) is 5.32 Å². The Kier molecular flexibility index (Phi) is 4.69. The highest BCUT2D eigenvalue weighted by Gasteiger charge is 2.16. The Hall–Kier alpha value is -2.82. The van der Waals surface area contributed by atoms with Gasteiger partial charge >= 0.3 is 12.1 Å². The number of nitrogens with one attached hydrogen (secondary N) is 1. The molecule has 2 rings (SSSR count). The van der Waals surface area contributed by atoms with E-state index in [-0.39, 0.29) is 5.56 Å². The number of carbonyl (C=O) groups excluding carboxylic acids is 1. The van der Waals surface area contributed by atoms with Crippen molar-refractivity contribution in [2.45, 2.75) is 26.4 Å². The third kappa shape index (κ3) is 4.85. The zero-order chi connectivity index (χ0) is 17.0. The van der Waals surface area contributed by atoms with Crippen LogP contribution in [0.15, 0.2) is 48.5 Å². The molecule has 0 fully saturated rings. The summed E-state index contributed by atoms with van der Waals surface area (Å²) in [5, 5.41) is 11.6. The number of rotatable bonds is 3. The predicted octanol–water partition coefficient (Wildman–Crippen LogP) is 4.40. The van der Waals surface area contributed by atoms with E-state index in [1.54, 1.807) is 57.2 Å². The van der Waals surface area contributed by atoms with Crippen LogP contribution in [0.2, 0.25) is 0 Å². The second kappa shape index (κ2) is 6.52. The minimum atomic E-state index is -0.951. The maximum Gasteiger partial charge on any atom is 0.412 e. The topological polar surface area (TPSA) is 75.6 Å². The van der Waals surface area contributed by atoms with E-state index in [0.29, 0.717) is 5.69 Å². The van der Waals surface area contributed by atoms with E-state index in [4.69, 9.17) is 9.84 Å². The highest BCUT2D eigenvalue weighted by atomic mass is 16.6. The normalized spacial score (nSPS) is 10.9. The number of carboxylic acid groups (broad SMARTS) is 1. The number of carbonyl (C=O) groups is 2. The third-order valence-electron chi connectivity index (χ3n) is 3.00. The lowest BCUT2D eigenvalue weighted by Crippen LogP contribution is -2.27. The molecule has 5 heteroatoms. The van der Waals surface area contributed by atoms with E-state index < -0.39 is 17.7 Å². The molecule has 0 aliphatic heterocycles. The van der Waals surface area contributed by atoms with Crippen molar-refractivity contribution in [1.82, 2.24) is 0 Å². The molecule has 0 spiro atoms. The fourth-order valence-corrected chi connectivity index (χ4v) is 1.97. The summed E-state index contributed by atoms with van der Waals surface area (Å²) in [5.41, 5.74) is 2.16. The summed E-state index contributed by atoms with van der Waals surface area (Å²) < 4.78 is 5.19. The fourth-order valence-electron chi connectivity index (χ4n) is 1.97. The average molecular weight is 313 g/mol. The van der Waals surface area contributed by atoms with Gasteiger partial charge < -0.3 is 9.84 Å². The largest absolute Gasteiger partial charge is 0.478 e. The van der Waals surface area contributed by atoms with Crippen molar-refractivity contribution in [3.63, 3.8) is 0 Å². The molecule has 0 bridgehead atoms. The zero-order valence-electron chi connectivity index (χ0n) is 13.3. The molecule has 0 unspecified atom stereocenters. The molecule has 2 aromatic rings. The number of hydrogen-bond acceptors (Lipinski definition) is 3. The van der Waals surface area contributed by atoms with Crippen LogP contribution in [-0.2, 0) is 4.74 Å². The fraction of sp³-hybridized carbons (Fsp3) is 0.222. The van der Waals surface area contributed by atoms with Crippen LogP contribution in [0.4, 0.5) is 10.5 Å². The van der Waals surface area contributed by atoms with Crippen LogP contribution in [0.25, 0.3) is 11.1 Å². The molecule has 0 atom stereocenters. The first-order chi connectivity index (χ1) is 10.7. The number of aromatic carboxylic acids is 1. The van der Waals surface area contributed by atoms with Gasteiger partial charge in [-0.25, -0.2) is 9.59 Å². The van der Waals surface area contributed by atoms with Crippen molar-refractivity contribution in [1.29, 1.82) is 0 Å². The summed E-state index contributed by atoms with van der Waals surface area (Å²) in [4.78, 5) is 22.5. The van der Waals surface area contributed by atoms with Gasteiger partial charge in [0.2, 0.25) is 0 Å². The first-order valence-corrected chi connectivity index (χ1v) is 7.18. The van der Waals surface area contributed by atoms with E-state index >= 15 is 0 Å². The van der Waals surface area contributed by atoms with Gasteiger partial charge in [0.15, 0.2) is 0 Å². The molecule has 23 heavy (non-hydrogen) atoms. The molecule has 0 saturated carbocycles. The Labute approximate surface area is 134 Å². The highest BCUT2D eigenvalue weighted by molar-refractivity contribution is 5.88. The summed E-state index contributed by atoms with van der Waals surface area (Å²) >= 11 is 0. The first kappa shape index (κ1) is 16.5. The van der Waals surface area contributed by atoms with E-state index in [1.807, 2.05) is 12.1 Å². The van der Waals surface area contributed by atoms with Crippen LogP contribution >= 0.6 is 0 Å². The lowest BCUT2D eigenvalue weighted by Gasteiger charge is -2.19. The first-order valence-electron chi connectivity index (χ1n) is 7.18. The Morgan fingerprint density at radius 3 is 1.83 bits per heavy atom. The minimum Gasteiger partial charge on any atom is -0.478 e. The van der Waals surface area contributed by atoms with Gasteiger partial charge in [-0.1, -0.05) is 24.3 Å². The summed E-state index contributed by atoms with van der Waals surface area (Å²) in [6.45, 7) is 5.41. The summed E-state index contributed by atoms with van der Waals surface area (Å²) in [6.07, 6.45) is -0.504. The maximum absolute atomic E-state index is 11.7. The van der Waals surface area contributed by atoms with Crippen LogP contribution in [0.5, 0.6) is 0 Å². The second-order valence-electron chi connectivity index (χ2n) is 6.09. The monoisotopic (exact) mass is 313 g/mol. The van der Waals surface area contributed by atoms with Crippen molar-refractivity contribution < 1.29 is 19.4 Å². The molecule has 2 aromatic carbocycles. The molecule has 1 amide bonds. The Morgan fingerprint density at radius 1 is 0.913 bits per heavy atom. The van der Waals surface area contributed by atoms with Gasteiger partial charge in [-0.15, -0.1) is 0 Å². The molecule has 120 valence electrons. The lowest BCUT2D eigenvalue weighted by atomic mass is 10.0. The van der Waals surface area contributed by atoms with Gasteiger partial charge in [-0.3, -0.25) is 5.32 Å². The number of carboxylic acids is 1. The summed E-state index contributed by atoms with van der Waals surface area (Å²) in [7, 11) is 0. The third-order valence-corrected chi connectivity index (χ3v) is 3.00. The quantitative estimate of drug-likeness (QED) is 0.880. The molecular weight excluding hydrogens is 294 g/mol. The molecule has 2 N–H and O–H groups in total. The van der Waals surface area contributed by atoms with Crippen molar-refractivity contribution >= 4 is 17.7 Å². The number of amides is 1. The zero-order valence-corrected chi connectivity index (χ0v) is 13.3. The minimum absolute atomic E-state index is 0.247. The van der Waals surface area contributed by atoms with Crippen LogP contribution in [0, 0.1) is 0 Å². The molecular formula is C18H19NO4. The molecule has 0 heterocycles. The van der Waals surface area contributed by atoms with Crippen molar-refractivity contribution in [2.24, 2.45) is 0 Å². The standard InChI is InChI=1S/C18H19NO4/c1-18(2,3)23-17(22)19-15-10-8-13(9-11-15)12-4-6-14(7-5-12)16(20)21/h4-11H,1-3H3,(H,19,22)(H,20,21). The van der Waals surface area contributed by atoms with Gasteiger partial charge in [-0.2, -0.15) is 0 Å². The van der Waals surface area contributed by atoms with E-state index in [2.05, 4.69) is 5.32 Å². The number of ether oxygens (including phenoxy) is 1. The van der Waals surface area contributed by atoms with Gasteiger partial charge in [-0.05, 0) is 56.2 Å². The molecule has 0 aliphatic rings. The van der Waals surface area contributed by atoms with Crippen LogP contribution in [-0.4, -0.2) is 22.8 Å². The van der Waals surface area contributed by atoms with Gasteiger partial charge in [0, 0.05) is 5.69 Å². The lowest BCUT2D eigenvalue weighted by molar-refractivity contribution is 0.0634. The molecule has 0 aromatic heterocycles. The second-order valence-corrected chi connectivity index (χ2v) is 6.09. The number of benzene rings is 2. The number of anilines is 1. The molecule has 5 nitrogen and oxygen atoms in total. The maximum atomic E-state index is 11.7. The van der Waals surface area contributed by atoms with E-state index in [0.717, 1.165) is 11.1 Å². The van der Waals surface area contributed by atoms with Gasteiger partial charge in [0.25, 0.3) is 0 Å². The van der Waals surface area contributed by atoms with E-state index in [1.165, 1.54) is 0 Å². The van der Waals surface area contributed by atoms with Gasteiger partial charge in [0.05, 0.1) is 5.56 Å². The smallest absolute Gasteiger partial charge is 0.412 e. The Morgan fingerprint density at radius 2 is 1.39 bits per heavy atom. The van der Waals surface area contributed by atoms with Crippen LogP contribution < -0.4 is 5.32 Å². The number of hydrogen-bond donors (Lipinski definition) is 2. The van der Waals surface area contributed by atoms with E-state index in [9.17, 15) is 9.59 Å². The van der Waals surface area contributed by atoms with Crippen LogP contribution in [0.1, 0.15) is 31.1 Å². The Bertz CT molecular complexity index is 697. The van der Waals surface area contributed by atoms with Crippen molar-refractivity contribution in [3.05, 3.63) is 54.1 Å². The SMILES string of the molecule is CC(C)(C)OC(=O)Nc1ccc(-c2ccc(C(=O)O)cc2)cc1. The summed E-state index contributed by atoms with van der Waals surface area (Å²) in [6, 6.07) is 13.9. The molecule has 0 radical (unpaired) electrons. The molecule has 0 saturated heterocycles.